The van der Waals surface area contributed by atoms with Crippen LogP contribution in [0.25, 0.3) is 0 Å². The standard InChI is InChI=1S/C19H31N3O3.HI/c1-20-19(21-11-6-13-24-18-9-14-23-15-10-18)22(2)12-16-25-17-7-4-3-5-8-17;/h3-5,7-8,18H,6,9-16H2,1-2H3,(H,20,21);1H. The third-order valence-electron chi connectivity index (χ3n) is 4.14. The summed E-state index contributed by atoms with van der Waals surface area (Å²) in [5.74, 6) is 1.77. The Kier molecular flexibility index (Phi) is 12.4. The Bertz CT molecular complexity index is 496. The van der Waals surface area contributed by atoms with Crippen LogP contribution in [0.3, 0.4) is 0 Å². The Balaban J connectivity index is 0.00000338. The van der Waals surface area contributed by atoms with Gasteiger partial charge in [-0.3, -0.25) is 4.99 Å². The molecule has 0 radical (unpaired) electrons. The summed E-state index contributed by atoms with van der Waals surface area (Å²) in [4.78, 5) is 6.39. The maximum atomic E-state index is 5.88. The van der Waals surface area contributed by atoms with Crippen LogP contribution in [0.2, 0.25) is 0 Å². The van der Waals surface area contributed by atoms with Gasteiger partial charge in [0.15, 0.2) is 5.96 Å². The molecular weight excluding hydrogens is 445 g/mol. The predicted octanol–water partition coefficient (Wildman–Crippen LogP) is 2.78. The van der Waals surface area contributed by atoms with Crippen molar-refractivity contribution < 1.29 is 14.2 Å². The number of hydrogen-bond acceptors (Lipinski definition) is 4. The lowest BCUT2D eigenvalue weighted by atomic mass is 10.1. The number of rotatable bonds is 9. The fourth-order valence-corrected chi connectivity index (χ4v) is 2.67. The molecule has 0 spiro atoms. The maximum Gasteiger partial charge on any atom is 0.193 e. The normalized spacial score (nSPS) is 15.2. The SMILES string of the molecule is CN=C(NCCCOC1CCOCC1)N(C)CCOc1ccccc1.I. The lowest BCUT2D eigenvalue weighted by Gasteiger charge is -2.23. The zero-order chi connectivity index (χ0) is 17.7. The average molecular weight is 477 g/mol. The van der Waals surface area contributed by atoms with Crippen molar-refractivity contribution in [2.24, 2.45) is 4.99 Å². The van der Waals surface area contributed by atoms with Gasteiger partial charge in [0.05, 0.1) is 12.6 Å². The lowest BCUT2D eigenvalue weighted by Crippen LogP contribution is -2.41. The molecule has 2 rings (SSSR count). The molecule has 1 N–H and O–H groups in total. The van der Waals surface area contributed by atoms with Crippen LogP contribution in [0.4, 0.5) is 0 Å². The first-order valence-electron chi connectivity index (χ1n) is 9.08. The van der Waals surface area contributed by atoms with Gasteiger partial charge in [-0.15, -0.1) is 24.0 Å². The van der Waals surface area contributed by atoms with Crippen LogP contribution in [0, 0.1) is 0 Å². The van der Waals surface area contributed by atoms with Crippen LogP contribution in [0.1, 0.15) is 19.3 Å². The molecule has 1 fully saturated rings. The molecule has 1 aromatic carbocycles. The number of ether oxygens (including phenoxy) is 3. The van der Waals surface area contributed by atoms with Gasteiger partial charge in [-0.1, -0.05) is 18.2 Å². The number of benzene rings is 1. The van der Waals surface area contributed by atoms with E-state index in [1.807, 2.05) is 37.4 Å². The van der Waals surface area contributed by atoms with Gasteiger partial charge in [0.1, 0.15) is 12.4 Å². The van der Waals surface area contributed by atoms with Crippen LogP contribution in [-0.2, 0) is 9.47 Å². The first kappa shape index (κ1) is 23.0. The van der Waals surface area contributed by atoms with Crippen LogP contribution < -0.4 is 10.1 Å². The van der Waals surface area contributed by atoms with Crippen LogP contribution in [-0.4, -0.2) is 70.6 Å². The van der Waals surface area contributed by atoms with Crippen molar-refractivity contribution in [3.05, 3.63) is 30.3 Å². The fourth-order valence-electron chi connectivity index (χ4n) is 2.67. The molecule has 148 valence electrons. The molecule has 1 heterocycles. The topological polar surface area (TPSA) is 55.3 Å². The minimum absolute atomic E-state index is 0. The number of para-hydroxylation sites is 1. The highest BCUT2D eigenvalue weighted by Crippen LogP contribution is 2.10. The van der Waals surface area contributed by atoms with E-state index in [1.165, 1.54) is 0 Å². The zero-order valence-corrected chi connectivity index (χ0v) is 18.2. The molecule has 7 heteroatoms. The Labute approximate surface area is 174 Å². The highest BCUT2D eigenvalue weighted by atomic mass is 127. The van der Waals surface area contributed by atoms with Gasteiger partial charge in [0.2, 0.25) is 0 Å². The van der Waals surface area contributed by atoms with Gasteiger partial charge < -0.3 is 24.4 Å². The molecule has 0 aliphatic carbocycles. The van der Waals surface area contributed by atoms with E-state index in [1.54, 1.807) is 7.05 Å². The Morgan fingerprint density at radius 3 is 2.65 bits per heavy atom. The van der Waals surface area contributed by atoms with Crippen LogP contribution >= 0.6 is 24.0 Å². The van der Waals surface area contributed by atoms with Gasteiger partial charge in [0.25, 0.3) is 0 Å². The number of likely N-dealkylation sites (N-methyl/N-ethyl adjacent to an activating group) is 1. The molecule has 1 aliphatic rings. The molecule has 0 amide bonds. The van der Waals surface area contributed by atoms with E-state index in [2.05, 4.69) is 15.2 Å². The van der Waals surface area contributed by atoms with Gasteiger partial charge in [-0.2, -0.15) is 0 Å². The van der Waals surface area contributed by atoms with Crippen molar-refractivity contribution in [2.75, 3.05) is 53.6 Å². The second-order valence-electron chi connectivity index (χ2n) is 6.09. The van der Waals surface area contributed by atoms with Crippen LogP contribution in [0.15, 0.2) is 35.3 Å². The predicted molar refractivity (Wildman–Crippen MR) is 116 cm³/mol. The van der Waals surface area contributed by atoms with Gasteiger partial charge in [0, 0.05) is 40.5 Å². The summed E-state index contributed by atoms with van der Waals surface area (Å²) in [7, 11) is 3.82. The smallest absolute Gasteiger partial charge is 0.193 e. The number of guanidine groups is 1. The van der Waals surface area contributed by atoms with E-state index in [9.17, 15) is 0 Å². The van der Waals surface area contributed by atoms with Crippen molar-refractivity contribution in [1.82, 2.24) is 10.2 Å². The summed E-state index contributed by atoms with van der Waals surface area (Å²) in [6, 6.07) is 9.86. The van der Waals surface area contributed by atoms with E-state index in [0.717, 1.165) is 63.9 Å². The Morgan fingerprint density at radius 1 is 1.23 bits per heavy atom. The summed E-state index contributed by atoms with van der Waals surface area (Å²) >= 11 is 0. The highest BCUT2D eigenvalue weighted by molar-refractivity contribution is 14.0. The summed E-state index contributed by atoms with van der Waals surface area (Å²) in [5.41, 5.74) is 0. The number of aliphatic imine (C=N–C) groups is 1. The van der Waals surface area contributed by atoms with E-state index in [4.69, 9.17) is 14.2 Å². The maximum absolute atomic E-state index is 5.88. The number of nitrogens with one attached hydrogen (secondary N) is 1. The minimum atomic E-state index is 0. The monoisotopic (exact) mass is 477 g/mol. The molecular formula is C19H32IN3O3. The summed E-state index contributed by atoms with van der Waals surface area (Å²) in [5, 5.41) is 3.37. The third kappa shape index (κ3) is 9.05. The highest BCUT2D eigenvalue weighted by Gasteiger charge is 2.13. The van der Waals surface area contributed by atoms with Crippen LogP contribution in [0.5, 0.6) is 5.75 Å². The summed E-state index contributed by atoms with van der Waals surface area (Å²) in [6.45, 7) is 4.66. The van der Waals surface area contributed by atoms with E-state index < -0.39 is 0 Å². The van der Waals surface area contributed by atoms with Gasteiger partial charge in [-0.05, 0) is 31.4 Å². The number of hydrogen-bond donors (Lipinski definition) is 1. The fraction of sp³-hybridized carbons (Fsp3) is 0.632. The first-order chi connectivity index (χ1) is 12.3. The molecule has 0 aromatic heterocycles. The quantitative estimate of drug-likeness (QED) is 0.257. The minimum Gasteiger partial charge on any atom is -0.492 e. The second kappa shape index (κ2) is 14.1. The van der Waals surface area contributed by atoms with Crippen molar-refractivity contribution in [2.45, 2.75) is 25.4 Å². The molecule has 0 bridgehead atoms. The van der Waals surface area contributed by atoms with E-state index in [-0.39, 0.29) is 24.0 Å². The summed E-state index contributed by atoms with van der Waals surface area (Å²) < 4.78 is 16.9. The Morgan fingerprint density at radius 2 is 1.96 bits per heavy atom. The molecule has 0 atom stereocenters. The average Bonchev–Trinajstić information content (AvgIpc) is 2.66. The van der Waals surface area contributed by atoms with Crippen molar-refractivity contribution in [1.29, 1.82) is 0 Å². The van der Waals surface area contributed by atoms with Gasteiger partial charge >= 0.3 is 0 Å². The van der Waals surface area contributed by atoms with Gasteiger partial charge in [-0.25, -0.2) is 0 Å². The largest absolute Gasteiger partial charge is 0.492 e. The molecule has 0 unspecified atom stereocenters. The van der Waals surface area contributed by atoms with Crippen molar-refractivity contribution in [3.8, 4) is 5.75 Å². The number of nitrogens with zero attached hydrogens (tertiary/aromatic N) is 2. The van der Waals surface area contributed by atoms with E-state index >= 15 is 0 Å². The molecule has 0 saturated carbocycles. The Hall–Kier alpha value is -1.06. The molecule has 1 aliphatic heterocycles. The molecule has 1 aromatic rings. The first-order valence-corrected chi connectivity index (χ1v) is 9.08. The third-order valence-corrected chi connectivity index (χ3v) is 4.14. The lowest BCUT2D eigenvalue weighted by molar-refractivity contribution is -0.0320. The second-order valence-corrected chi connectivity index (χ2v) is 6.09. The molecule has 6 nitrogen and oxygen atoms in total. The van der Waals surface area contributed by atoms with E-state index in [0.29, 0.717) is 12.7 Å². The summed E-state index contributed by atoms with van der Waals surface area (Å²) in [6.07, 6.45) is 3.36. The van der Waals surface area contributed by atoms with Crippen molar-refractivity contribution >= 4 is 29.9 Å². The molecule has 26 heavy (non-hydrogen) atoms. The number of halogens is 1. The molecule has 1 saturated heterocycles. The van der Waals surface area contributed by atoms with Crippen molar-refractivity contribution in [3.63, 3.8) is 0 Å². The zero-order valence-electron chi connectivity index (χ0n) is 15.9.